The molecule has 2 rings (SSSR count). The van der Waals surface area contributed by atoms with Crippen LogP contribution < -0.4 is 10.1 Å². The minimum atomic E-state index is -0.561. The molecule has 2 aromatic carbocycles. The lowest BCUT2D eigenvalue weighted by Gasteiger charge is -2.15. The number of thioether (sulfide) groups is 1. The standard InChI is InChI=1S/C16H16BrNO2S/c1-11(20-14-7-9-15(21-2)10-8-14)16(19)18-13-5-3-12(17)4-6-13/h3-11H,1-2H3,(H,18,19)/t11-/m0/s1. The molecule has 0 heterocycles. The first-order valence-electron chi connectivity index (χ1n) is 6.45. The number of anilines is 1. The second kappa shape index (κ2) is 7.52. The first-order valence-corrected chi connectivity index (χ1v) is 8.47. The predicted molar refractivity (Wildman–Crippen MR) is 91.1 cm³/mol. The van der Waals surface area contributed by atoms with E-state index in [1.807, 2.05) is 54.8 Å². The average molecular weight is 366 g/mol. The number of amides is 1. The SMILES string of the molecule is CSc1ccc(O[C@@H](C)C(=O)Nc2ccc(Br)cc2)cc1. The third-order valence-electron chi connectivity index (χ3n) is 2.85. The highest BCUT2D eigenvalue weighted by Gasteiger charge is 2.14. The third-order valence-corrected chi connectivity index (χ3v) is 4.13. The molecule has 1 N–H and O–H groups in total. The number of rotatable bonds is 5. The van der Waals surface area contributed by atoms with Crippen molar-refractivity contribution in [3.63, 3.8) is 0 Å². The number of benzene rings is 2. The normalized spacial score (nSPS) is 11.8. The van der Waals surface area contributed by atoms with Crippen LogP contribution in [-0.2, 0) is 4.79 Å². The Labute approximate surface area is 137 Å². The first-order chi connectivity index (χ1) is 10.1. The number of hydrogen-bond acceptors (Lipinski definition) is 3. The Balaban J connectivity index is 1.93. The summed E-state index contributed by atoms with van der Waals surface area (Å²) >= 11 is 5.02. The Morgan fingerprint density at radius 2 is 1.76 bits per heavy atom. The van der Waals surface area contributed by atoms with E-state index in [0.717, 1.165) is 15.1 Å². The van der Waals surface area contributed by atoms with Crippen LogP contribution in [0.3, 0.4) is 0 Å². The van der Waals surface area contributed by atoms with Crippen LogP contribution in [0.15, 0.2) is 57.9 Å². The van der Waals surface area contributed by atoms with Gasteiger partial charge in [-0.2, -0.15) is 0 Å². The van der Waals surface area contributed by atoms with Crippen LogP contribution in [0.2, 0.25) is 0 Å². The van der Waals surface area contributed by atoms with Gasteiger partial charge >= 0.3 is 0 Å². The first kappa shape index (κ1) is 15.9. The lowest BCUT2D eigenvalue weighted by molar-refractivity contribution is -0.122. The van der Waals surface area contributed by atoms with Crippen molar-refractivity contribution in [2.75, 3.05) is 11.6 Å². The highest BCUT2D eigenvalue weighted by Crippen LogP contribution is 2.20. The quantitative estimate of drug-likeness (QED) is 0.788. The van der Waals surface area contributed by atoms with E-state index in [-0.39, 0.29) is 5.91 Å². The Bertz CT molecular complexity index is 599. The van der Waals surface area contributed by atoms with Gasteiger partial charge in [-0.25, -0.2) is 0 Å². The fraction of sp³-hybridized carbons (Fsp3) is 0.188. The van der Waals surface area contributed by atoms with Gasteiger partial charge in [0.2, 0.25) is 0 Å². The molecule has 0 aliphatic rings. The summed E-state index contributed by atoms with van der Waals surface area (Å²) in [5, 5.41) is 2.82. The highest BCUT2D eigenvalue weighted by atomic mass is 79.9. The minimum Gasteiger partial charge on any atom is -0.481 e. The molecule has 0 aliphatic carbocycles. The molecule has 3 nitrogen and oxygen atoms in total. The number of carbonyl (C=O) groups excluding carboxylic acids is 1. The van der Waals surface area contributed by atoms with E-state index < -0.39 is 6.10 Å². The molecule has 0 aliphatic heterocycles. The Morgan fingerprint density at radius 3 is 2.33 bits per heavy atom. The van der Waals surface area contributed by atoms with E-state index in [9.17, 15) is 4.79 Å². The highest BCUT2D eigenvalue weighted by molar-refractivity contribution is 9.10. The number of halogens is 1. The van der Waals surface area contributed by atoms with Crippen LogP contribution in [0, 0.1) is 0 Å². The van der Waals surface area contributed by atoms with E-state index in [2.05, 4.69) is 21.2 Å². The van der Waals surface area contributed by atoms with Gasteiger partial charge in [0, 0.05) is 15.1 Å². The largest absolute Gasteiger partial charge is 0.481 e. The Hall–Kier alpha value is -1.46. The van der Waals surface area contributed by atoms with Gasteiger partial charge in [0.15, 0.2) is 6.10 Å². The molecule has 5 heteroatoms. The van der Waals surface area contributed by atoms with E-state index in [1.165, 1.54) is 0 Å². The summed E-state index contributed by atoms with van der Waals surface area (Å²) in [6.07, 6.45) is 1.46. The smallest absolute Gasteiger partial charge is 0.265 e. The molecule has 1 amide bonds. The Kier molecular flexibility index (Phi) is 5.70. The topological polar surface area (TPSA) is 38.3 Å². The van der Waals surface area contributed by atoms with Gasteiger partial charge in [-0.05, 0) is 61.7 Å². The fourth-order valence-corrected chi connectivity index (χ4v) is 2.36. The zero-order valence-electron chi connectivity index (χ0n) is 11.8. The number of nitrogens with one attached hydrogen (secondary N) is 1. The van der Waals surface area contributed by atoms with Crippen molar-refractivity contribution in [3.05, 3.63) is 53.0 Å². The molecule has 0 radical (unpaired) electrons. The summed E-state index contributed by atoms with van der Waals surface area (Å²) in [5.74, 6) is 0.512. The second-order valence-electron chi connectivity index (χ2n) is 4.43. The summed E-state index contributed by atoms with van der Waals surface area (Å²) in [4.78, 5) is 13.2. The molecule has 0 saturated carbocycles. The van der Waals surface area contributed by atoms with Crippen LogP contribution >= 0.6 is 27.7 Å². The van der Waals surface area contributed by atoms with Crippen LogP contribution in [-0.4, -0.2) is 18.3 Å². The van der Waals surface area contributed by atoms with Gasteiger partial charge in [0.1, 0.15) is 5.75 Å². The molecule has 0 saturated heterocycles. The molecule has 2 aromatic rings. The van der Waals surface area contributed by atoms with Crippen molar-refractivity contribution in [2.24, 2.45) is 0 Å². The molecular formula is C16H16BrNO2S. The lowest BCUT2D eigenvalue weighted by Crippen LogP contribution is -2.30. The Morgan fingerprint density at radius 1 is 1.14 bits per heavy atom. The van der Waals surface area contributed by atoms with E-state index in [0.29, 0.717) is 5.75 Å². The van der Waals surface area contributed by atoms with Gasteiger partial charge in [-0.15, -0.1) is 11.8 Å². The van der Waals surface area contributed by atoms with Crippen molar-refractivity contribution in [3.8, 4) is 5.75 Å². The summed E-state index contributed by atoms with van der Waals surface area (Å²) in [7, 11) is 0. The van der Waals surface area contributed by atoms with Gasteiger partial charge in [-0.3, -0.25) is 4.79 Å². The predicted octanol–water partition coefficient (Wildman–Crippen LogP) is 4.58. The average Bonchev–Trinajstić information content (AvgIpc) is 2.50. The second-order valence-corrected chi connectivity index (χ2v) is 6.23. The van der Waals surface area contributed by atoms with Crippen LogP contribution in [0.4, 0.5) is 5.69 Å². The number of ether oxygens (including phenoxy) is 1. The van der Waals surface area contributed by atoms with Crippen molar-refractivity contribution < 1.29 is 9.53 Å². The third kappa shape index (κ3) is 4.79. The van der Waals surface area contributed by atoms with Crippen molar-refractivity contribution in [1.29, 1.82) is 0 Å². The molecule has 0 aromatic heterocycles. The monoisotopic (exact) mass is 365 g/mol. The molecule has 0 spiro atoms. The van der Waals surface area contributed by atoms with Crippen LogP contribution in [0.25, 0.3) is 0 Å². The molecule has 0 unspecified atom stereocenters. The number of hydrogen-bond donors (Lipinski definition) is 1. The summed E-state index contributed by atoms with van der Waals surface area (Å²) in [5.41, 5.74) is 0.747. The summed E-state index contributed by atoms with van der Waals surface area (Å²) < 4.78 is 6.61. The summed E-state index contributed by atoms with van der Waals surface area (Å²) in [6.45, 7) is 1.73. The maximum absolute atomic E-state index is 12.1. The molecular weight excluding hydrogens is 350 g/mol. The molecule has 1 atom stereocenters. The van der Waals surface area contributed by atoms with Gasteiger partial charge in [-0.1, -0.05) is 15.9 Å². The van der Waals surface area contributed by atoms with Gasteiger partial charge in [0.25, 0.3) is 5.91 Å². The zero-order chi connectivity index (χ0) is 15.2. The number of carbonyl (C=O) groups is 1. The zero-order valence-corrected chi connectivity index (χ0v) is 14.2. The lowest BCUT2D eigenvalue weighted by atomic mass is 10.3. The molecule has 0 bridgehead atoms. The van der Waals surface area contributed by atoms with Crippen molar-refractivity contribution in [2.45, 2.75) is 17.9 Å². The van der Waals surface area contributed by atoms with Crippen LogP contribution in [0.5, 0.6) is 5.75 Å². The maximum atomic E-state index is 12.1. The molecule has 0 fully saturated rings. The van der Waals surface area contributed by atoms with Crippen LogP contribution in [0.1, 0.15) is 6.92 Å². The van der Waals surface area contributed by atoms with E-state index in [4.69, 9.17) is 4.74 Å². The van der Waals surface area contributed by atoms with Gasteiger partial charge in [0.05, 0.1) is 0 Å². The maximum Gasteiger partial charge on any atom is 0.265 e. The van der Waals surface area contributed by atoms with Gasteiger partial charge < -0.3 is 10.1 Å². The summed E-state index contributed by atoms with van der Waals surface area (Å²) in [6, 6.07) is 15.1. The van der Waals surface area contributed by atoms with Crippen molar-refractivity contribution in [1.82, 2.24) is 0 Å². The van der Waals surface area contributed by atoms with E-state index >= 15 is 0 Å². The van der Waals surface area contributed by atoms with Crippen molar-refractivity contribution >= 4 is 39.3 Å². The molecule has 21 heavy (non-hydrogen) atoms. The minimum absolute atomic E-state index is 0.175. The van der Waals surface area contributed by atoms with E-state index in [1.54, 1.807) is 18.7 Å². The fourth-order valence-electron chi connectivity index (χ4n) is 1.69. The molecule has 110 valence electrons.